The first-order valence-corrected chi connectivity index (χ1v) is 11.5. The Hall–Kier alpha value is -1.06. The fraction of sp³-hybridized carbons (Fsp3) is 0.750. The van der Waals surface area contributed by atoms with Gasteiger partial charge in [-0.1, -0.05) is 96.1 Å². The first-order chi connectivity index (χ1) is 13.3. The molecule has 3 heteroatoms. The molecule has 0 aliphatic heterocycles. The zero-order valence-electron chi connectivity index (χ0n) is 17.8. The molecular formula is C24H44N2O. The Labute approximate surface area is 168 Å². The van der Waals surface area contributed by atoms with E-state index in [1.807, 2.05) is 12.1 Å². The molecular weight excluding hydrogens is 332 g/mol. The largest absolute Gasteiger partial charge is 0.508 e. The molecule has 0 radical (unpaired) electrons. The Balaban J connectivity index is 1.96. The van der Waals surface area contributed by atoms with Gasteiger partial charge in [-0.3, -0.25) is 0 Å². The van der Waals surface area contributed by atoms with Gasteiger partial charge in [-0.2, -0.15) is 0 Å². The highest BCUT2D eigenvalue weighted by Gasteiger charge is 2.03. The van der Waals surface area contributed by atoms with Crippen LogP contribution in [0, 0.1) is 0 Å². The Bertz CT molecular complexity index is 462. The van der Waals surface area contributed by atoms with Crippen LogP contribution in [0.25, 0.3) is 0 Å². The maximum Gasteiger partial charge on any atom is 0.120 e. The summed E-state index contributed by atoms with van der Waals surface area (Å²) >= 11 is 0. The van der Waals surface area contributed by atoms with E-state index in [4.69, 9.17) is 5.73 Å². The van der Waals surface area contributed by atoms with Gasteiger partial charge in [-0.05, 0) is 24.5 Å². The van der Waals surface area contributed by atoms with Crippen LogP contribution in [-0.2, 0) is 13.0 Å². The Morgan fingerprint density at radius 1 is 0.815 bits per heavy atom. The minimum absolute atomic E-state index is 0.409. The molecule has 0 aliphatic rings. The second kappa shape index (κ2) is 17.1. The highest BCUT2D eigenvalue weighted by atomic mass is 16.3. The van der Waals surface area contributed by atoms with Gasteiger partial charge >= 0.3 is 0 Å². The number of hydrogen-bond acceptors (Lipinski definition) is 3. The lowest BCUT2D eigenvalue weighted by Crippen LogP contribution is -2.21. The fourth-order valence-electron chi connectivity index (χ4n) is 3.59. The molecule has 1 aromatic rings. The van der Waals surface area contributed by atoms with Gasteiger partial charge in [0.25, 0.3) is 0 Å². The van der Waals surface area contributed by atoms with E-state index in [0.29, 0.717) is 18.8 Å². The Morgan fingerprint density at radius 2 is 1.37 bits per heavy atom. The van der Waals surface area contributed by atoms with E-state index in [2.05, 4.69) is 18.3 Å². The van der Waals surface area contributed by atoms with Gasteiger partial charge in [0.15, 0.2) is 0 Å². The number of nitrogens with two attached hydrogens (primary N) is 1. The van der Waals surface area contributed by atoms with E-state index in [1.165, 1.54) is 89.0 Å². The SMILES string of the molecule is CCCCCCCCCCCCCCCc1ccc(CNCCN)c(O)c1. The summed E-state index contributed by atoms with van der Waals surface area (Å²) in [7, 11) is 0. The molecule has 0 saturated heterocycles. The average molecular weight is 377 g/mol. The standard InChI is InChI=1S/C24H44N2O/c1-2-3-4-5-6-7-8-9-10-11-12-13-14-15-22-16-17-23(24(27)20-22)21-26-19-18-25/h16-17,20,26-27H,2-15,18-19,21,25H2,1H3. The lowest BCUT2D eigenvalue weighted by atomic mass is 10.0. The van der Waals surface area contributed by atoms with Gasteiger partial charge in [0.05, 0.1) is 0 Å². The third kappa shape index (κ3) is 12.9. The van der Waals surface area contributed by atoms with Crippen molar-refractivity contribution in [2.45, 2.75) is 103 Å². The van der Waals surface area contributed by atoms with E-state index in [9.17, 15) is 5.11 Å². The van der Waals surface area contributed by atoms with Crippen molar-refractivity contribution in [3.8, 4) is 5.75 Å². The molecule has 1 rings (SSSR count). The van der Waals surface area contributed by atoms with Crippen molar-refractivity contribution in [2.24, 2.45) is 5.73 Å². The van der Waals surface area contributed by atoms with Gasteiger partial charge in [0.1, 0.15) is 5.75 Å². The predicted molar refractivity (Wildman–Crippen MR) is 118 cm³/mol. The smallest absolute Gasteiger partial charge is 0.120 e. The monoisotopic (exact) mass is 376 g/mol. The zero-order chi connectivity index (χ0) is 19.6. The number of rotatable bonds is 18. The van der Waals surface area contributed by atoms with E-state index in [-0.39, 0.29) is 0 Å². The molecule has 0 saturated carbocycles. The Morgan fingerprint density at radius 3 is 1.89 bits per heavy atom. The molecule has 0 fully saturated rings. The lowest BCUT2D eigenvalue weighted by molar-refractivity contribution is 0.463. The third-order valence-corrected chi connectivity index (χ3v) is 5.36. The second-order valence-electron chi connectivity index (χ2n) is 7.92. The number of phenolic OH excluding ortho intramolecular Hbond substituents is 1. The fourth-order valence-corrected chi connectivity index (χ4v) is 3.59. The number of phenols is 1. The quantitative estimate of drug-likeness (QED) is 0.272. The van der Waals surface area contributed by atoms with Crippen molar-refractivity contribution >= 4 is 0 Å². The molecule has 156 valence electrons. The molecule has 27 heavy (non-hydrogen) atoms. The molecule has 0 aliphatic carbocycles. The van der Waals surface area contributed by atoms with Crippen molar-refractivity contribution in [2.75, 3.05) is 13.1 Å². The van der Waals surface area contributed by atoms with Crippen LogP contribution < -0.4 is 11.1 Å². The van der Waals surface area contributed by atoms with Gasteiger partial charge in [-0.25, -0.2) is 0 Å². The number of benzene rings is 1. The summed E-state index contributed by atoms with van der Waals surface area (Å²) in [5, 5.41) is 13.3. The summed E-state index contributed by atoms with van der Waals surface area (Å²) in [5.41, 5.74) is 7.67. The van der Waals surface area contributed by atoms with Crippen LogP contribution in [0.3, 0.4) is 0 Å². The minimum atomic E-state index is 0.409. The molecule has 0 heterocycles. The topological polar surface area (TPSA) is 58.3 Å². The van der Waals surface area contributed by atoms with Crippen LogP contribution in [0.5, 0.6) is 5.75 Å². The van der Waals surface area contributed by atoms with Crippen LogP contribution in [0.1, 0.15) is 102 Å². The molecule has 3 nitrogen and oxygen atoms in total. The van der Waals surface area contributed by atoms with Crippen molar-refractivity contribution in [1.29, 1.82) is 0 Å². The predicted octanol–water partition coefficient (Wildman–Crippen LogP) is 6.07. The summed E-state index contributed by atoms with van der Waals surface area (Å²) in [5.74, 6) is 0.409. The van der Waals surface area contributed by atoms with Crippen LogP contribution in [-0.4, -0.2) is 18.2 Å². The lowest BCUT2D eigenvalue weighted by Gasteiger charge is -2.08. The number of aryl methyl sites for hydroxylation is 1. The van der Waals surface area contributed by atoms with E-state index < -0.39 is 0 Å². The molecule has 0 atom stereocenters. The molecule has 0 aromatic heterocycles. The average Bonchev–Trinajstić information content (AvgIpc) is 2.67. The molecule has 1 aromatic carbocycles. The molecule has 0 unspecified atom stereocenters. The normalized spacial score (nSPS) is 11.2. The minimum Gasteiger partial charge on any atom is -0.508 e. The summed E-state index contributed by atoms with van der Waals surface area (Å²) in [6, 6.07) is 6.12. The van der Waals surface area contributed by atoms with Crippen molar-refractivity contribution in [3.05, 3.63) is 29.3 Å². The number of hydrogen-bond donors (Lipinski definition) is 3. The maximum atomic E-state index is 10.1. The van der Waals surface area contributed by atoms with Crippen LogP contribution >= 0.6 is 0 Å². The van der Waals surface area contributed by atoms with E-state index in [0.717, 1.165) is 18.5 Å². The van der Waals surface area contributed by atoms with Gasteiger partial charge in [-0.15, -0.1) is 0 Å². The van der Waals surface area contributed by atoms with Crippen molar-refractivity contribution < 1.29 is 5.11 Å². The molecule has 4 N–H and O–H groups in total. The van der Waals surface area contributed by atoms with Crippen LogP contribution in [0.2, 0.25) is 0 Å². The number of aromatic hydroxyl groups is 1. The van der Waals surface area contributed by atoms with E-state index in [1.54, 1.807) is 0 Å². The van der Waals surface area contributed by atoms with Crippen molar-refractivity contribution in [1.82, 2.24) is 5.32 Å². The second-order valence-corrected chi connectivity index (χ2v) is 7.92. The Kier molecular flexibility index (Phi) is 15.2. The van der Waals surface area contributed by atoms with Gasteiger partial charge in [0, 0.05) is 25.2 Å². The summed E-state index contributed by atoms with van der Waals surface area (Å²) in [6.45, 7) is 4.36. The first-order valence-electron chi connectivity index (χ1n) is 11.5. The van der Waals surface area contributed by atoms with E-state index >= 15 is 0 Å². The molecule has 0 spiro atoms. The van der Waals surface area contributed by atoms with Gasteiger partial charge in [0.2, 0.25) is 0 Å². The van der Waals surface area contributed by atoms with Gasteiger partial charge < -0.3 is 16.2 Å². The highest BCUT2D eigenvalue weighted by molar-refractivity contribution is 5.36. The van der Waals surface area contributed by atoms with Crippen LogP contribution in [0.15, 0.2) is 18.2 Å². The van der Waals surface area contributed by atoms with Crippen LogP contribution in [0.4, 0.5) is 0 Å². The zero-order valence-corrected chi connectivity index (χ0v) is 17.8. The van der Waals surface area contributed by atoms with Crippen molar-refractivity contribution in [3.63, 3.8) is 0 Å². The summed E-state index contributed by atoms with van der Waals surface area (Å²) in [6.07, 6.45) is 19.1. The maximum absolute atomic E-state index is 10.1. The third-order valence-electron chi connectivity index (χ3n) is 5.36. The summed E-state index contributed by atoms with van der Waals surface area (Å²) in [4.78, 5) is 0. The highest BCUT2D eigenvalue weighted by Crippen LogP contribution is 2.20. The molecule has 0 amide bonds. The first kappa shape index (κ1) is 24.0. The summed E-state index contributed by atoms with van der Waals surface area (Å²) < 4.78 is 0. The molecule has 0 bridgehead atoms. The number of unbranched alkanes of at least 4 members (excludes halogenated alkanes) is 12. The number of nitrogens with one attached hydrogen (secondary N) is 1.